The zero-order chi connectivity index (χ0) is 22.3. The number of carbonyl (C=O) groups is 1. The number of anilines is 1. The number of hydrogen-bond acceptors (Lipinski definition) is 5. The first-order valence-electron chi connectivity index (χ1n) is 10.3. The zero-order valence-electron chi connectivity index (χ0n) is 18.1. The molecule has 0 bridgehead atoms. The molecule has 6 nitrogen and oxygen atoms in total. The molecule has 0 atom stereocenters. The molecule has 1 aliphatic rings. The smallest absolute Gasteiger partial charge is 0.258 e. The van der Waals surface area contributed by atoms with Gasteiger partial charge in [0.2, 0.25) is 0 Å². The van der Waals surface area contributed by atoms with Crippen LogP contribution in [-0.4, -0.2) is 39.9 Å². The zero-order valence-corrected chi connectivity index (χ0v) is 18.1. The van der Waals surface area contributed by atoms with Gasteiger partial charge in [0.1, 0.15) is 24.7 Å². The summed E-state index contributed by atoms with van der Waals surface area (Å²) >= 11 is 0. The van der Waals surface area contributed by atoms with Gasteiger partial charge < -0.3 is 23.8 Å². The fourth-order valence-electron chi connectivity index (χ4n) is 3.45. The highest BCUT2D eigenvalue weighted by atomic mass is 16.6. The molecule has 0 fully saturated rings. The first-order valence-corrected chi connectivity index (χ1v) is 10.3. The number of ether oxygens (including phenoxy) is 4. The van der Waals surface area contributed by atoms with Crippen molar-refractivity contribution in [3.63, 3.8) is 0 Å². The third-order valence-electron chi connectivity index (χ3n) is 5.08. The molecule has 0 aromatic heterocycles. The van der Waals surface area contributed by atoms with E-state index in [1.165, 1.54) is 0 Å². The SMILES string of the molecule is COc1cc(OC)cc(C(=O)N(CC=Cc2ccccc2)c2ccc3c(c2)OCCO3)c1. The topological polar surface area (TPSA) is 57.2 Å². The van der Waals surface area contributed by atoms with Crippen molar-refractivity contribution >= 4 is 17.7 Å². The second-order valence-electron chi connectivity index (χ2n) is 7.16. The summed E-state index contributed by atoms with van der Waals surface area (Å²) in [5, 5.41) is 0. The van der Waals surface area contributed by atoms with Crippen LogP contribution in [-0.2, 0) is 0 Å². The van der Waals surface area contributed by atoms with Gasteiger partial charge in [-0.1, -0.05) is 42.5 Å². The Hall–Kier alpha value is -3.93. The molecule has 3 aromatic rings. The monoisotopic (exact) mass is 431 g/mol. The lowest BCUT2D eigenvalue weighted by Crippen LogP contribution is -2.31. The van der Waals surface area contributed by atoms with Crippen LogP contribution in [0.25, 0.3) is 6.08 Å². The van der Waals surface area contributed by atoms with Crippen molar-refractivity contribution in [1.29, 1.82) is 0 Å². The molecular weight excluding hydrogens is 406 g/mol. The third-order valence-corrected chi connectivity index (χ3v) is 5.08. The van der Waals surface area contributed by atoms with Crippen LogP contribution < -0.4 is 23.8 Å². The number of fused-ring (bicyclic) bond motifs is 1. The van der Waals surface area contributed by atoms with E-state index in [1.807, 2.05) is 60.7 Å². The molecule has 0 saturated carbocycles. The van der Waals surface area contributed by atoms with Crippen LogP contribution in [0.1, 0.15) is 15.9 Å². The summed E-state index contributed by atoms with van der Waals surface area (Å²) in [5.41, 5.74) is 2.23. The Morgan fingerprint density at radius 1 is 0.906 bits per heavy atom. The van der Waals surface area contributed by atoms with Gasteiger partial charge in [-0.25, -0.2) is 0 Å². The number of amides is 1. The first kappa shape index (κ1) is 21.3. The highest BCUT2D eigenvalue weighted by Crippen LogP contribution is 2.35. The highest BCUT2D eigenvalue weighted by molar-refractivity contribution is 6.07. The van der Waals surface area contributed by atoms with E-state index in [0.29, 0.717) is 54.0 Å². The standard InChI is InChI=1S/C26H25NO5/c1-29-22-15-20(16-23(18-22)30-2)26(28)27(12-6-9-19-7-4-3-5-8-19)21-10-11-24-25(17-21)32-14-13-31-24/h3-11,15-18H,12-14H2,1-2H3. The average molecular weight is 431 g/mol. The van der Waals surface area contributed by atoms with Gasteiger partial charge in [-0.05, 0) is 29.8 Å². The summed E-state index contributed by atoms with van der Waals surface area (Å²) in [4.78, 5) is 15.3. The Kier molecular flexibility index (Phi) is 6.60. The normalized spacial score (nSPS) is 12.4. The van der Waals surface area contributed by atoms with Crippen LogP contribution in [0, 0.1) is 0 Å². The number of methoxy groups -OCH3 is 2. The van der Waals surface area contributed by atoms with Crippen molar-refractivity contribution in [3.8, 4) is 23.0 Å². The van der Waals surface area contributed by atoms with Gasteiger partial charge in [0.25, 0.3) is 5.91 Å². The van der Waals surface area contributed by atoms with Crippen molar-refractivity contribution in [2.24, 2.45) is 0 Å². The van der Waals surface area contributed by atoms with Crippen LogP contribution in [0.15, 0.2) is 72.8 Å². The predicted octanol–water partition coefficient (Wildman–Crippen LogP) is 4.84. The number of carbonyl (C=O) groups excluding carboxylic acids is 1. The van der Waals surface area contributed by atoms with Gasteiger partial charge in [-0.2, -0.15) is 0 Å². The van der Waals surface area contributed by atoms with Crippen LogP contribution in [0.3, 0.4) is 0 Å². The molecule has 0 N–H and O–H groups in total. The number of nitrogens with zero attached hydrogens (tertiary/aromatic N) is 1. The minimum absolute atomic E-state index is 0.184. The Morgan fingerprint density at radius 2 is 1.59 bits per heavy atom. The Balaban J connectivity index is 1.68. The molecular formula is C26H25NO5. The lowest BCUT2D eigenvalue weighted by Gasteiger charge is -2.25. The van der Waals surface area contributed by atoms with E-state index in [4.69, 9.17) is 18.9 Å². The maximum Gasteiger partial charge on any atom is 0.258 e. The van der Waals surface area contributed by atoms with E-state index >= 15 is 0 Å². The average Bonchev–Trinajstić information content (AvgIpc) is 2.86. The number of rotatable bonds is 7. The summed E-state index contributed by atoms with van der Waals surface area (Å²) in [6, 6.07) is 20.6. The van der Waals surface area contributed by atoms with Crippen molar-refractivity contribution in [2.45, 2.75) is 0 Å². The second-order valence-corrected chi connectivity index (χ2v) is 7.16. The molecule has 1 heterocycles. The van der Waals surface area contributed by atoms with Crippen molar-refractivity contribution < 1.29 is 23.7 Å². The minimum atomic E-state index is -0.184. The van der Waals surface area contributed by atoms with Gasteiger partial charge >= 0.3 is 0 Å². The molecule has 1 aliphatic heterocycles. The first-order chi connectivity index (χ1) is 15.7. The molecule has 4 rings (SSSR count). The second kappa shape index (κ2) is 9.92. The van der Waals surface area contributed by atoms with E-state index in [0.717, 1.165) is 5.56 Å². The Morgan fingerprint density at radius 3 is 2.28 bits per heavy atom. The van der Waals surface area contributed by atoms with Gasteiger partial charge in [0, 0.05) is 29.9 Å². The van der Waals surface area contributed by atoms with Crippen LogP contribution in [0.4, 0.5) is 5.69 Å². The molecule has 6 heteroatoms. The Bertz CT molecular complexity index is 1090. The van der Waals surface area contributed by atoms with Crippen molar-refractivity contribution in [1.82, 2.24) is 0 Å². The van der Waals surface area contributed by atoms with Crippen LogP contribution in [0.5, 0.6) is 23.0 Å². The molecule has 3 aromatic carbocycles. The summed E-state index contributed by atoms with van der Waals surface area (Å²) in [6.45, 7) is 1.36. The summed E-state index contributed by atoms with van der Waals surface area (Å²) in [5.74, 6) is 2.22. The molecule has 0 aliphatic carbocycles. The molecule has 1 amide bonds. The van der Waals surface area contributed by atoms with E-state index in [9.17, 15) is 4.79 Å². The molecule has 32 heavy (non-hydrogen) atoms. The summed E-state index contributed by atoms with van der Waals surface area (Å²) in [7, 11) is 3.12. The minimum Gasteiger partial charge on any atom is -0.497 e. The van der Waals surface area contributed by atoms with E-state index < -0.39 is 0 Å². The maximum absolute atomic E-state index is 13.6. The predicted molar refractivity (Wildman–Crippen MR) is 124 cm³/mol. The summed E-state index contributed by atoms with van der Waals surface area (Å²) < 4.78 is 22.0. The summed E-state index contributed by atoms with van der Waals surface area (Å²) in [6.07, 6.45) is 3.95. The van der Waals surface area contributed by atoms with E-state index in [2.05, 4.69) is 0 Å². The van der Waals surface area contributed by atoms with Crippen LogP contribution in [0.2, 0.25) is 0 Å². The Labute approximate surface area is 187 Å². The van der Waals surface area contributed by atoms with Gasteiger partial charge in [-0.3, -0.25) is 4.79 Å². The molecule has 164 valence electrons. The van der Waals surface area contributed by atoms with E-state index in [1.54, 1.807) is 37.3 Å². The van der Waals surface area contributed by atoms with Gasteiger partial charge in [-0.15, -0.1) is 0 Å². The van der Waals surface area contributed by atoms with Crippen molar-refractivity contribution in [3.05, 3.63) is 83.9 Å². The fourth-order valence-corrected chi connectivity index (χ4v) is 3.45. The molecule has 0 saturated heterocycles. The molecule has 0 spiro atoms. The fraction of sp³-hybridized carbons (Fsp3) is 0.192. The lowest BCUT2D eigenvalue weighted by molar-refractivity contribution is 0.0989. The number of hydrogen-bond donors (Lipinski definition) is 0. The van der Waals surface area contributed by atoms with Gasteiger partial charge in [0.15, 0.2) is 11.5 Å². The quantitative estimate of drug-likeness (QED) is 0.536. The lowest BCUT2D eigenvalue weighted by atomic mass is 10.1. The van der Waals surface area contributed by atoms with Crippen molar-refractivity contribution in [2.75, 3.05) is 38.9 Å². The van der Waals surface area contributed by atoms with Gasteiger partial charge in [0.05, 0.1) is 14.2 Å². The van der Waals surface area contributed by atoms with Crippen LogP contribution >= 0.6 is 0 Å². The van der Waals surface area contributed by atoms with E-state index in [-0.39, 0.29) is 5.91 Å². The largest absolute Gasteiger partial charge is 0.497 e. The number of benzene rings is 3. The molecule has 0 radical (unpaired) electrons. The maximum atomic E-state index is 13.6. The molecule has 0 unspecified atom stereocenters. The third kappa shape index (κ3) is 4.86. The highest BCUT2D eigenvalue weighted by Gasteiger charge is 2.21.